The normalized spacial score (nSPS) is 11.0. The zero-order chi connectivity index (χ0) is 15.2. The molecule has 0 fully saturated rings. The minimum Gasteiger partial charge on any atom is -0.326 e. The van der Waals surface area contributed by atoms with Gasteiger partial charge in [0.15, 0.2) is 0 Å². The molecule has 1 aromatic rings. The summed E-state index contributed by atoms with van der Waals surface area (Å²) in [4.78, 5) is 0. The number of benzene rings is 1. The summed E-state index contributed by atoms with van der Waals surface area (Å²) in [5.41, 5.74) is 8.22. The first-order valence-electron chi connectivity index (χ1n) is 8.85. The molecule has 0 saturated carbocycles. The Morgan fingerprint density at radius 2 is 1.48 bits per heavy atom. The molecule has 0 aliphatic carbocycles. The maximum atomic E-state index is 5.66. The minimum absolute atomic E-state index is 0.631. The molecule has 0 amide bonds. The molecule has 2 nitrogen and oxygen atoms in total. The Hall–Kier alpha value is -0.860. The fourth-order valence-electron chi connectivity index (χ4n) is 2.66. The smallest absolute Gasteiger partial charge is 0.0205 e. The van der Waals surface area contributed by atoms with E-state index in [0.717, 1.165) is 13.1 Å². The maximum Gasteiger partial charge on any atom is 0.0205 e. The molecule has 0 saturated heterocycles. The Morgan fingerprint density at radius 1 is 0.857 bits per heavy atom. The van der Waals surface area contributed by atoms with Gasteiger partial charge in [-0.15, -0.1) is 0 Å². The van der Waals surface area contributed by atoms with Gasteiger partial charge in [-0.2, -0.15) is 0 Å². The molecule has 0 atom stereocenters. The van der Waals surface area contributed by atoms with Crippen LogP contribution in [0, 0.1) is 0 Å². The van der Waals surface area contributed by atoms with Crippen molar-refractivity contribution < 1.29 is 0 Å². The van der Waals surface area contributed by atoms with Crippen molar-refractivity contribution in [3.05, 3.63) is 35.4 Å². The highest BCUT2D eigenvalue weighted by molar-refractivity contribution is 5.23. The van der Waals surface area contributed by atoms with Gasteiger partial charge in [0.1, 0.15) is 0 Å². The van der Waals surface area contributed by atoms with Crippen LogP contribution in [0.25, 0.3) is 0 Å². The van der Waals surface area contributed by atoms with Gasteiger partial charge in [-0.3, -0.25) is 0 Å². The summed E-state index contributed by atoms with van der Waals surface area (Å²) in [7, 11) is 0. The van der Waals surface area contributed by atoms with Gasteiger partial charge >= 0.3 is 0 Å². The lowest BCUT2D eigenvalue weighted by Gasteiger charge is -2.06. The van der Waals surface area contributed by atoms with Gasteiger partial charge in [-0.05, 0) is 24.1 Å². The van der Waals surface area contributed by atoms with Crippen LogP contribution in [0.15, 0.2) is 24.3 Å². The van der Waals surface area contributed by atoms with Crippen molar-refractivity contribution in [2.75, 3.05) is 6.54 Å². The molecule has 0 aliphatic heterocycles. The predicted molar refractivity (Wildman–Crippen MR) is 93.3 cm³/mol. The van der Waals surface area contributed by atoms with Crippen LogP contribution in [-0.4, -0.2) is 6.54 Å². The fourth-order valence-corrected chi connectivity index (χ4v) is 2.66. The van der Waals surface area contributed by atoms with E-state index in [2.05, 4.69) is 36.5 Å². The van der Waals surface area contributed by atoms with E-state index in [1.807, 2.05) is 0 Å². The molecule has 0 spiro atoms. The van der Waals surface area contributed by atoms with Crippen LogP contribution < -0.4 is 11.1 Å². The van der Waals surface area contributed by atoms with Crippen LogP contribution in [0.1, 0.15) is 75.8 Å². The highest BCUT2D eigenvalue weighted by Gasteiger charge is 1.95. The quantitative estimate of drug-likeness (QED) is 0.514. The van der Waals surface area contributed by atoms with E-state index in [-0.39, 0.29) is 0 Å². The van der Waals surface area contributed by atoms with E-state index in [4.69, 9.17) is 5.73 Å². The van der Waals surface area contributed by atoms with Gasteiger partial charge in [0, 0.05) is 13.1 Å². The molecular weight excluding hydrogens is 256 g/mol. The molecule has 1 rings (SSSR count). The van der Waals surface area contributed by atoms with E-state index in [0.29, 0.717) is 6.54 Å². The first kappa shape index (κ1) is 18.2. The lowest BCUT2D eigenvalue weighted by atomic mass is 10.1. The van der Waals surface area contributed by atoms with E-state index >= 15 is 0 Å². The first-order chi connectivity index (χ1) is 10.4. The first-order valence-corrected chi connectivity index (χ1v) is 8.85. The van der Waals surface area contributed by atoms with Crippen LogP contribution in [-0.2, 0) is 13.1 Å². The van der Waals surface area contributed by atoms with Crippen molar-refractivity contribution in [3.63, 3.8) is 0 Å². The monoisotopic (exact) mass is 290 g/mol. The third kappa shape index (κ3) is 9.65. The van der Waals surface area contributed by atoms with E-state index < -0.39 is 0 Å². The second-order valence-electron chi connectivity index (χ2n) is 6.03. The lowest BCUT2D eigenvalue weighted by Crippen LogP contribution is -2.14. The summed E-state index contributed by atoms with van der Waals surface area (Å²) in [5, 5.41) is 3.53. The SMILES string of the molecule is CCCCCCCCCCCNCc1cccc(CN)c1. The highest BCUT2D eigenvalue weighted by atomic mass is 14.8. The van der Waals surface area contributed by atoms with Crippen LogP contribution in [0.4, 0.5) is 0 Å². The summed E-state index contributed by atoms with van der Waals surface area (Å²) < 4.78 is 0. The molecule has 0 bridgehead atoms. The lowest BCUT2D eigenvalue weighted by molar-refractivity contribution is 0.549. The number of hydrogen-bond acceptors (Lipinski definition) is 2. The number of unbranched alkanes of at least 4 members (excludes halogenated alkanes) is 8. The Kier molecular flexibility index (Phi) is 11.1. The number of nitrogens with one attached hydrogen (secondary N) is 1. The van der Waals surface area contributed by atoms with Crippen molar-refractivity contribution in [2.45, 2.75) is 77.8 Å². The molecule has 0 unspecified atom stereocenters. The molecule has 3 N–H and O–H groups in total. The topological polar surface area (TPSA) is 38.0 Å². The van der Waals surface area contributed by atoms with Crippen molar-refractivity contribution in [1.82, 2.24) is 5.32 Å². The van der Waals surface area contributed by atoms with Gasteiger partial charge in [0.2, 0.25) is 0 Å². The summed E-state index contributed by atoms with van der Waals surface area (Å²) >= 11 is 0. The molecule has 0 aliphatic rings. The van der Waals surface area contributed by atoms with Gasteiger partial charge in [0.05, 0.1) is 0 Å². The Labute approximate surface area is 131 Å². The molecular formula is C19H34N2. The molecule has 21 heavy (non-hydrogen) atoms. The van der Waals surface area contributed by atoms with Gasteiger partial charge in [0.25, 0.3) is 0 Å². The largest absolute Gasteiger partial charge is 0.326 e. The minimum atomic E-state index is 0.631. The van der Waals surface area contributed by atoms with Crippen molar-refractivity contribution in [2.24, 2.45) is 5.73 Å². The molecule has 2 heteroatoms. The van der Waals surface area contributed by atoms with E-state index in [1.165, 1.54) is 68.9 Å². The third-order valence-corrected chi connectivity index (χ3v) is 4.01. The Balaban J connectivity index is 1.90. The summed E-state index contributed by atoms with van der Waals surface area (Å²) in [6.07, 6.45) is 12.5. The highest BCUT2D eigenvalue weighted by Crippen LogP contribution is 2.09. The zero-order valence-electron chi connectivity index (χ0n) is 13.9. The van der Waals surface area contributed by atoms with Crippen molar-refractivity contribution in [3.8, 4) is 0 Å². The van der Waals surface area contributed by atoms with Crippen molar-refractivity contribution in [1.29, 1.82) is 0 Å². The molecule has 1 aromatic carbocycles. The standard InChI is InChI=1S/C19H34N2/c1-2-3-4-5-6-7-8-9-10-14-21-17-19-13-11-12-18(15-19)16-20/h11-13,15,21H,2-10,14,16-17,20H2,1H3. The van der Waals surface area contributed by atoms with Crippen molar-refractivity contribution >= 4 is 0 Å². The fraction of sp³-hybridized carbons (Fsp3) is 0.684. The molecule has 0 aromatic heterocycles. The summed E-state index contributed by atoms with van der Waals surface area (Å²) in [6.45, 7) is 5.00. The van der Waals surface area contributed by atoms with Gasteiger partial charge in [-0.25, -0.2) is 0 Å². The number of hydrogen-bond donors (Lipinski definition) is 2. The second kappa shape index (κ2) is 12.8. The van der Waals surface area contributed by atoms with Crippen LogP contribution in [0.2, 0.25) is 0 Å². The average Bonchev–Trinajstić information content (AvgIpc) is 2.53. The zero-order valence-corrected chi connectivity index (χ0v) is 13.9. The molecule has 0 radical (unpaired) electrons. The van der Waals surface area contributed by atoms with Crippen LogP contribution in [0.5, 0.6) is 0 Å². The Morgan fingerprint density at radius 3 is 2.14 bits per heavy atom. The Bertz CT molecular complexity index is 349. The van der Waals surface area contributed by atoms with Crippen LogP contribution >= 0.6 is 0 Å². The van der Waals surface area contributed by atoms with E-state index in [9.17, 15) is 0 Å². The van der Waals surface area contributed by atoms with Gasteiger partial charge in [-0.1, -0.05) is 82.6 Å². The third-order valence-electron chi connectivity index (χ3n) is 4.01. The van der Waals surface area contributed by atoms with Gasteiger partial charge < -0.3 is 11.1 Å². The predicted octanol–water partition coefficient (Wildman–Crippen LogP) is 4.77. The average molecular weight is 290 g/mol. The second-order valence-corrected chi connectivity index (χ2v) is 6.03. The number of nitrogens with two attached hydrogens (primary N) is 1. The summed E-state index contributed by atoms with van der Waals surface area (Å²) in [5.74, 6) is 0. The van der Waals surface area contributed by atoms with E-state index in [1.54, 1.807) is 0 Å². The van der Waals surface area contributed by atoms with Crippen LogP contribution in [0.3, 0.4) is 0 Å². The molecule has 0 heterocycles. The number of rotatable bonds is 13. The maximum absolute atomic E-state index is 5.66. The molecule has 120 valence electrons. The summed E-state index contributed by atoms with van der Waals surface area (Å²) in [6, 6.07) is 8.55.